The van der Waals surface area contributed by atoms with Crippen molar-refractivity contribution in [2.75, 3.05) is 6.61 Å². The van der Waals surface area contributed by atoms with Crippen LogP contribution in [-0.2, 0) is 6.42 Å². The number of hydrogen-bond acceptors (Lipinski definition) is 3. The van der Waals surface area contributed by atoms with Crippen LogP contribution in [0.4, 0.5) is 0 Å². The molecule has 0 fully saturated rings. The summed E-state index contributed by atoms with van der Waals surface area (Å²) in [7, 11) is 0. The summed E-state index contributed by atoms with van der Waals surface area (Å²) in [6.45, 7) is 0.645. The van der Waals surface area contributed by atoms with E-state index in [4.69, 9.17) is 15.9 Å². The number of thiophene rings is 1. The summed E-state index contributed by atoms with van der Waals surface area (Å²) in [6.07, 6.45) is 0.906. The van der Waals surface area contributed by atoms with Crippen LogP contribution in [0.15, 0.2) is 40.2 Å². The third-order valence-electron chi connectivity index (χ3n) is 2.43. The molecule has 0 bridgehead atoms. The molecule has 0 unspecified atom stereocenters. The Hall–Kier alpha value is -1.33. The molecule has 0 amide bonds. The molecular formula is C13H13BrN2OS. The first-order chi connectivity index (χ1) is 8.66. The lowest BCUT2D eigenvalue weighted by Gasteiger charge is -2.08. The summed E-state index contributed by atoms with van der Waals surface area (Å²) < 4.78 is 6.44. The second kappa shape index (κ2) is 6.02. The lowest BCUT2D eigenvalue weighted by molar-refractivity contribution is 0.323. The Kier molecular flexibility index (Phi) is 4.38. The number of rotatable bonds is 5. The smallest absolute Gasteiger partial charge is 0.123 e. The van der Waals surface area contributed by atoms with Gasteiger partial charge in [0.2, 0.25) is 0 Å². The number of amidine groups is 1. The van der Waals surface area contributed by atoms with Crippen LogP contribution < -0.4 is 10.5 Å². The van der Waals surface area contributed by atoms with Gasteiger partial charge in [0.05, 0.1) is 6.61 Å². The maximum atomic E-state index is 7.39. The molecule has 0 saturated carbocycles. The Morgan fingerprint density at radius 3 is 2.83 bits per heavy atom. The molecule has 2 aromatic rings. The molecule has 0 atom stereocenters. The largest absolute Gasteiger partial charge is 0.493 e. The highest BCUT2D eigenvalue weighted by molar-refractivity contribution is 9.10. The molecule has 1 heterocycles. The first kappa shape index (κ1) is 13.1. The van der Waals surface area contributed by atoms with Crippen molar-refractivity contribution >= 4 is 33.1 Å². The average Bonchev–Trinajstić information content (AvgIpc) is 2.81. The van der Waals surface area contributed by atoms with E-state index < -0.39 is 0 Å². The molecule has 3 nitrogen and oxygen atoms in total. The minimum atomic E-state index is 0.0482. The quantitative estimate of drug-likeness (QED) is 0.654. The number of hydrogen-bond donors (Lipinski definition) is 2. The van der Waals surface area contributed by atoms with Gasteiger partial charge in [-0.05, 0) is 45.6 Å². The number of nitrogens with two attached hydrogens (primary N) is 1. The van der Waals surface area contributed by atoms with E-state index in [9.17, 15) is 0 Å². The van der Waals surface area contributed by atoms with E-state index >= 15 is 0 Å². The Balaban J connectivity index is 1.94. The van der Waals surface area contributed by atoms with Gasteiger partial charge in [-0.15, -0.1) is 11.3 Å². The van der Waals surface area contributed by atoms with Gasteiger partial charge in [0.1, 0.15) is 11.6 Å². The molecule has 3 N–H and O–H groups in total. The summed E-state index contributed by atoms with van der Waals surface area (Å²) in [5.74, 6) is 0.829. The fraction of sp³-hybridized carbons (Fsp3) is 0.154. The van der Waals surface area contributed by atoms with Crippen LogP contribution in [0.25, 0.3) is 0 Å². The molecule has 5 heteroatoms. The summed E-state index contributed by atoms with van der Waals surface area (Å²) in [6, 6.07) is 9.59. The molecule has 94 valence electrons. The third kappa shape index (κ3) is 3.34. The van der Waals surface area contributed by atoms with Crippen LogP contribution in [-0.4, -0.2) is 12.4 Å². The van der Waals surface area contributed by atoms with Crippen molar-refractivity contribution in [3.63, 3.8) is 0 Å². The lowest BCUT2D eigenvalue weighted by atomic mass is 10.2. The highest BCUT2D eigenvalue weighted by atomic mass is 79.9. The predicted octanol–water partition coefficient (Wildman–Crippen LogP) is 3.42. The monoisotopic (exact) mass is 324 g/mol. The minimum absolute atomic E-state index is 0.0482. The van der Waals surface area contributed by atoms with Gasteiger partial charge >= 0.3 is 0 Å². The van der Waals surface area contributed by atoms with Crippen molar-refractivity contribution in [1.82, 2.24) is 0 Å². The zero-order valence-corrected chi connectivity index (χ0v) is 12.1. The normalized spacial score (nSPS) is 10.3. The summed E-state index contributed by atoms with van der Waals surface area (Å²) in [5, 5.41) is 9.45. The number of benzene rings is 1. The van der Waals surface area contributed by atoms with Crippen LogP contribution in [0.3, 0.4) is 0 Å². The standard InChI is InChI=1S/C13H13BrN2OS/c14-12-8-9(3-4-11(12)13(15)16)17-6-5-10-2-1-7-18-10/h1-4,7-8H,5-6H2,(H3,15,16). The average molecular weight is 325 g/mol. The highest BCUT2D eigenvalue weighted by Crippen LogP contribution is 2.23. The molecule has 0 aliphatic rings. The fourth-order valence-corrected chi connectivity index (χ4v) is 2.79. The van der Waals surface area contributed by atoms with E-state index in [1.165, 1.54) is 4.88 Å². The Bertz CT molecular complexity index is 540. The zero-order valence-electron chi connectivity index (χ0n) is 9.65. The molecule has 0 spiro atoms. The van der Waals surface area contributed by atoms with Crippen LogP contribution in [0.2, 0.25) is 0 Å². The SMILES string of the molecule is N=C(N)c1ccc(OCCc2cccs2)cc1Br. The fourth-order valence-electron chi connectivity index (χ4n) is 1.53. The van der Waals surface area contributed by atoms with Gasteiger partial charge in [0.25, 0.3) is 0 Å². The predicted molar refractivity (Wildman–Crippen MR) is 78.7 cm³/mol. The number of nitrogen functional groups attached to an aromatic ring is 1. The molecule has 0 radical (unpaired) electrons. The molecule has 2 rings (SSSR count). The van der Waals surface area contributed by atoms with Crippen LogP contribution in [0.5, 0.6) is 5.75 Å². The summed E-state index contributed by atoms with van der Waals surface area (Å²) >= 11 is 5.11. The van der Waals surface area contributed by atoms with Crippen LogP contribution in [0, 0.1) is 5.41 Å². The number of halogens is 1. The van der Waals surface area contributed by atoms with E-state index in [2.05, 4.69) is 27.4 Å². The van der Waals surface area contributed by atoms with Crippen LogP contribution >= 0.6 is 27.3 Å². The van der Waals surface area contributed by atoms with Gasteiger partial charge in [-0.1, -0.05) is 6.07 Å². The molecule has 0 aliphatic carbocycles. The topological polar surface area (TPSA) is 59.1 Å². The van der Waals surface area contributed by atoms with E-state index in [1.807, 2.05) is 18.2 Å². The van der Waals surface area contributed by atoms with Crippen molar-refractivity contribution in [2.45, 2.75) is 6.42 Å². The maximum Gasteiger partial charge on any atom is 0.123 e. The van der Waals surface area contributed by atoms with Gasteiger partial charge < -0.3 is 10.5 Å². The van der Waals surface area contributed by atoms with Gasteiger partial charge in [0.15, 0.2) is 0 Å². The first-order valence-electron chi connectivity index (χ1n) is 5.46. The first-order valence-corrected chi connectivity index (χ1v) is 7.13. The van der Waals surface area contributed by atoms with E-state index in [0.717, 1.165) is 16.6 Å². The molecule has 0 saturated heterocycles. The van der Waals surface area contributed by atoms with Crippen molar-refractivity contribution < 1.29 is 4.74 Å². The second-order valence-electron chi connectivity index (χ2n) is 3.73. The maximum absolute atomic E-state index is 7.39. The van der Waals surface area contributed by atoms with Gasteiger partial charge in [-0.25, -0.2) is 0 Å². The van der Waals surface area contributed by atoms with Crippen molar-refractivity contribution in [3.8, 4) is 5.75 Å². The van der Waals surface area contributed by atoms with E-state index in [-0.39, 0.29) is 5.84 Å². The van der Waals surface area contributed by atoms with E-state index in [1.54, 1.807) is 17.4 Å². The van der Waals surface area contributed by atoms with Crippen molar-refractivity contribution in [1.29, 1.82) is 5.41 Å². The van der Waals surface area contributed by atoms with Crippen molar-refractivity contribution in [2.24, 2.45) is 5.73 Å². The minimum Gasteiger partial charge on any atom is -0.493 e. The molecule has 18 heavy (non-hydrogen) atoms. The van der Waals surface area contributed by atoms with Gasteiger partial charge in [-0.3, -0.25) is 5.41 Å². The Morgan fingerprint density at radius 2 is 2.22 bits per heavy atom. The lowest BCUT2D eigenvalue weighted by Crippen LogP contribution is -2.11. The van der Waals surface area contributed by atoms with Crippen molar-refractivity contribution in [3.05, 3.63) is 50.6 Å². The van der Waals surface area contributed by atoms with Gasteiger partial charge in [-0.2, -0.15) is 0 Å². The summed E-state index contributed by atoms with van der Waals surface area (Å²) in [5.41, 5.74) is 6.12. The van der Waals surface area contributed by atoms with Gasteiger partial charge in [0, 0.05) is 21.3 Å². The second-order valence-corrected chi connectivity index (χ2v) is 5.62. The number of nitrogens with one attached hydrogen (secondary N) is 1. The molecule has 1 aromatic carbocycles. The third-order valence-corrected chi connectivity index (χ3v) is 4.02. The molecule has 1 aromatic heterocycles. The summed E-state index contributed by atoms with van der Waals surface area (Å²) in [4.78, 5) is 1.31. The zero-order chi connectivity index (χ0) is 13.0. The molecular weight excluding hydrogens is 312 g/mol. The van der Waals surface area contributed by atoms with E-state index in [0.29, 0.717) is 12.2 Å². The Labute approximate surface area is 118 Å². The van der Waals surface area contributed by atoms with Crippen LogP contribution in [0.1, 0.15) is 10.4 Å². The molecule has 0 aliphatic heterocycles. The highest BCUT2D eigenvalue weighted by Gasteiger charge is 2.04. The Morgan fingerprint density at radius 1 is 1.39 bits per heavy atom. The number of ether oxygens (including phenoxy) is 1.